The van der Waals surface area contributed by atoms with E-state index in [1.165, 1.54) is 27.3 Å². The third-order valence-corrected chi connectivity index (χ3v) is 7.93. The molecule has 0 radical (unpaired) electrons. The quantitative estimate of drug-likeness (QED) is 0.628. The molecule has 1 saturated heterocycles. The lowest BCUT2D eigenvalue weighted by atomic mass is 10.1. The Bertz CT molecular complexity index is 1140. The van der Waals surface area contributed by atoms with Crippen molar-refractivity contribution in [3.05, 3.63) is 56.4 Å². The molecule has 2 aromatic heterocycles. The third kappa shape index (κ3) is 3.90. The van der Waals surface area contributed by atoms with Crippen molar-refractivity contribution in [1.29, 1.82) is 0 Å². The van der Waals surface area contributed by atoms with Gasteiger partial charge in [-0.1, -0.05) is 18.2 Å². The maximum absolute atomic E-state index is 13.2. The fourth-order valence-corrected chi connectivity index (χ4v) is 6.31. The number of thiophene rings is 1. The molecule has 7 heteroatoms. The molecule has 2 aliphatic rings. The van der Waals surface area contributed by atoms with Gasteiger partial charge in [-0.2, -0.15) is 0 Å². The van der Waals surface area contributed by atoms with E-state index in [9.17, 15) is 4.79 Å². The number of aromatic nitrogens is 2. The van der Waals surface area contributed by atoms with Gasteiger partial charge in [-0.15, -0.1) is 11.3 Å². The molecular weight excluding hydrogens is 406 g/mol. The average Bonchev–Trinajstić information content (AvgIpc) is 3.12. The van der Waals surface area contributed by atoms with Crippen molar-refractivity contribution in [3.8, 4) is 0 Å². The number of rotatable bonds is 4. The number of nitrogens with zero attached hydrogens (tertiary/aromatic N) is 5. The first-order chi connectivity index (χ1) is 15.0. The number of piperazine rings is 1. The lowest BCUT2D eigenvalue weighted by Crippen LogP contribution is -2.48. The summed E-state index contributed by atoms with van der Waals surface area (Å²) in [5.41, 5.74) is 5.48. The van der Waals surface area contributed by atoms with E-state index in [0.717, 1.165) is 62.5 Å². The number of anilines is 1. The normalized spacial score (nSPS) is 18.0. The van der Waals surface area contributed by atoms with Crippen molar-refractivity contribution in [2.45, 2.75) is 33.4 Å². The minimum absolute atomic E-state index is 0.140. The fraction of sp³-hybridized carbons (Fsp3) is 0.500. The predicted octanol–water partition coefficient (Wildman–Crippen LogP) is 2.88. The molecule has 0 atom stereocenters. The number of likely N-dealkylation sites (N-methyl/N-ethyl adjacent to an activating group) is 1. The molecule has 0 bridgehead atoms. The lowest BCUT2D eigenvalue weighted by Gasteiger charge is -2.37. The van der Waals surface area contributed by atoms with Gasteiger partial charge in [-0.05, 0) is 44.0 Å². The van der Waals surface area contributed by atoms with Gasteiger partial charge in [0.15, 0.2) is 0 Å². The average molecular weight is 438 g/mol. The van der Waals surface area contributed by atoms with Crippen LogP contribution in [-0.4, -0.2) is 65.7 Å². The highest BCUT2D eigenvalue weighted by Crippen LogP contribution is 2.31. The van der Waals surface area contributed by atoms with Gasteiger partial charge in [0.2, 0.25) is 0 Å². The van der Waals surface area contributed by atoms with E-state index in [1.807, 2.05) is 4.57 Å². The zero-order valence-electron chi connectivity index (χ0n) is 18.7. The number of para-hydroxylation sites is 1. The molecule has 1 fully saturated rings. The summed E-state index contributed by atoms with van der Waals surface area (Å²) in [6, 6.07) is 6.53. The fourth-order valence-electron chi connectivity index (χ4n) is 5.05. The van der Waals surface area contributed by atoms with Crippen molar-refractivity contribution < 1.29 is 0 Å². The molecule has 4 heterocycles. The van der Waals surface area contributed by atoms with Gasteiger partial charge in [-0.3, -0.25) is 14.3 Å². The molecule has 0 spiro atoms. The summed E-state index contributed by atoms with van der Waals surface area (Å²) in [6.07, 6.45) is 2.70. The molecule has 6 nitrogen and oxygen atoms in total. The predicted molar refractivity (Wildman–Crippen MR) is 128 cm³/mol. The maximum atomic E-state index is 13.2. The Morgan fingerprint density at radius 1 is 1.03 bits per heavy atom. The van der Waals surface area contributed by atoms with Gasteiger partial charge < -0.3 is 9.80 Å². The van der Waals surface area contributed by atoms with Crippen LogP contribution in [0.3, 0.4) is 0 Å². The van der Waals surface area contributed by atoms with E-state index in [4.69, 9.17) is 0 Å². The highest BCUT2D eigenvalue weighted by atomic mass is 32.1. The molecule has 0 saturated carbocycles. The van der Waals surface area contributed by atoms with E-state index in [1.54, 1.807) is 17.7 Å². The van der Waals surface area contributed by atoms with E-state index in [0.29, 0.717) is 6.54 Å². The molecule has 0 aliphatic carbocycles. The summed E-state index contributed by atoms with van der Waals surface area (Å²) in [5, 5.41) is 0.871. The van der Waals surface area contributed by atoms with Gasteiger partial charge >= 0.3 is 0 Å². The number of aryl methyl sites for hydroxylation is 2. The second kappa shape index (κ2) is 8.37. The first-order valence-corrected chi connectivity index (χ1v) is 12.0. The molecule has 0 unspecified atom stereocenters. The minimum atomic E-state index is 0.140. The molecule has 1 aromatic carbocycles. The van der Waals surface area contributed by atoms with E-state index in [-0.39, 0.29) is 5.56 Å². The van der Waals surface area contributed by atoms with Gasteiger partial charge in [-0.25, -0.2) is 4.98 Å². The van der Waals surface area contributed by atoms with Crippen LogP contribution < -0.4 is 10.5 Å². The Morgan fingerprint density at radius 3 is 2.52 bits per heavy atom. The highest BCUT2D eigenvalue weighted by Gasteiger charge is 2.23. The van der Waals surface area contributed by atoms with Crippen LogP contribution in [0.25, 0.3) is 10.2 Å². The van der Waals surface area contributed by atoms with Crippen LogP contribution in [0.4, 0.5) is 5.69 Å². The standard InChI is InChI=1S/C24H31N5OS/c1-17-5-4-6-18(2)22(17)28-12-9-27(10-13-28)11-14-29-16-25-23-21(24(29)30)19-7-8-26(3)15-20(19)31-23/h4-6,16H,7-15H2,1-3H3. The van der Waals surface area contributed by atoms with Crippen LogP contribution >= 0.6 is 11.3 Å². The van der Waals surface area contributed by atoms with E-state index < -0.39 is 0 Å². The highest BCUT2D eigenvalue weighted by molar-refractivity contribution is 7.18. The zero-order valence-corrected chi connectivity index (χ0v) is 19.5. The summed E-state index contributed by atoms with van der Waals surface area (Å²) in [6.45, 7) is 12.1. The van der Waals surface area contributed by atoms with Crippen LogP contribution in [0.15, 0.2) is 29.3 Å². The Labute approximate surface area is 187 Å². The van der Waals surface area contributed by atoms with E-state index in [2.05, 4.69) is 58.8 Å². The maximum Gasteiger partial charge on any atom is 0.262 e. The molecular formula is C24H31N5OS. The molecule has 5 rings (SSSR count). The topological polar surface area (TPSA) is 44.6 Å². The van der Waals surface area contributed by atoms with Crippen molar-refractivity contribution in [3.63, 3.8) is 0 Å². The van der Waals surface area contributed by atoms with Crippen molar-refractivity contribution >= 4 is 27.2 Å². The minimum Gasteiger partial charge on any atom is -0.369 e. The van der Waals surface area contributed by atoms with Crippen LogP contribution in [0.2, 0.25) is 0 Å². The van der Waals surface area contributed by atoms with Crippen LogP contribution in [-0.2, 0) is 19.5 Å². The summed E-state index contributed by atoms with van der Waals surface area (Å²) < 4.78 is 1.82. The number of benzene rings is 1. The monoisotopic (exact) mass is 437 g/mol. The Kier molecular flexibility index (Phi) is 5.58. The molecule has 0 N–H and O–H groups in total. The van der Waals surface area contributed by atoms with Gasteiger partial charge in [0.25, 0.3) is 5.56 Å². The largest absolute Gasteiger partial charge is 0.369 e. The lowest BCUT2D eigenvalue weighted by molar-refractivity contribution is 0.247. The SMILES string of the molecule is Cc1cccc(C)c1N1CCN(CCn2cnc3sc4c(c3c2=O)CCN(C)C4)CC1. The molecule has 31 heavy (non-hydrogen) atoms. The molecule has 0 amide bonds. The summed E-state index contributed by atoms with van der Waals surface area (Å²) in [7, 11) is 2.14. The summed E-state index contributed by atoms with van der Waals surface area (Å²) >= 11 is 1.69. The Morgan fingerprint density at radius 2 is 1.77 bits per heavy atom. The van der Waals surface area contributed by atoms with Crippen LogP contribution in [0, 0.1) is 13.8 Å². The smallest absolute Gasteiger partial charge is 0.262 e. The second-order valence-corrected chi connectivity index (χ2v) is 10.1. The number of hydrogen-bond acceptors (Lipinski definition) is 6. The van der Waals surface area contributed by atoms with Crippen molar-refractivity contribution in [2.75, 3.05) is 51.2 Å². The second-order valence-electron chi connectivity index (χ2n) is 8.98. The first-order valence-electron chi connectivity index (χ1n) is 11.2. The van der Waals surface area contributed by atoms with Gasteiger partial charge in [0.1, 0.15) is 4.83 Å². The number of fused-ring (bicyclic) bond motifs is 3. The molecule has 2 aliphatic heterocycles. The van der Waals surface area contributed by atoms with Crippen molar-refractivity contribution in [2.24, 2.45) is 0 Å². The molecule has 3 aromatic rings. The van der Waals surface area contributed by atoms with Gasteiger partial charge in [0.05, 0.1) is 11.7 Å². The Balaban J connectivity index is 1.26. The van der Waals surface area contributed by atoms with Crippen LogP contribution in [0.1, 0.15) is 21.6 Å². The van der Waals surface area contributed by atoms with Gasteiger partial charge in [0, 0.05) is 62.9 Å². The van der Waals surface area contributed by atoms with E-state index >= 15 is 0 Å². The Hall–Kier alpha value is -2.22. The summed E-state index contributed by atoms with van der Waals surface area (Å²) in [5.74, 6) is 0. The zero-order chi connectivity index (χ0) is 21.5. The van der Waals surface area contributed by atoms with Crippen LogP contribution in [0.5, 0.6) is 0 Å². The third-order valence-electron chi connectivity index (χ3n) is 6.80. The first kappa shape index (κ1) is 20.7. The number of hydrogen-bond donors (Lipinski definition) is 0. The summed E-state index contributed by atoms with van der Waals surface area (Å²) in [4.78, 5) is 27.4. The molecule has 164 valence electrons. The van der Waals surface area contributed by atoms with Crippen molar-refractivity contribution in [1.82, 2.24) is 19.4 Å².